The highest BCUT2D eigenvalue weighted by Crippen LogP contribution is 2.32. The van der Waals surface area contributed by atoms with Gasteiger partial charge in [-0.1, -0.05) is 52.7 Å². The molecular weight excluding hydrogens is 307 g/mol. The second-order valence-corrected chi connectivity index (χ2v) is 5.19. The minimum Gasteiger partial charge on any atom is -0.247 e. The molecule has 4 nitrogen and oxygen atoms in total. The smallest absolute Gasteiger partial charge is 0.163 e. The Bertz CT molecular complexity index is 832. The van der Waals surface area contributed by atoms with Crippen LogP contribution in [0.5, 0.6) is 0 Å². The fourth-order valence-corrected chi connectivity index (χ4v) is 2.43. The zero-order valence-corrected chi connectivity index (χ0v) is 12.2. The van der Waals surface area contributed by atoms with E-state index >= 15 is 0 Å². The third kappa shape index (κ3) is 2.62. The summed E-state index contributed by atoms with van der Waals surface area (Å²) in [4.78, 5) is 0. The van der Waals surface area contributed by atoms with E-state index < -0.39 is 0 Å². The number of aromatic nitrogens is 3. The van der Waals surface area contributed by atoms with Crippen LogP contribution >= 0.6 is 23.2 Å². The van der Waals surface area contributed by atoms with Gasteiger partial charge in [0, 0.05) is 21.2 Å². The van der Waals surface area contributed by atoms with E-state index in [2.05, 4.69) is 15.4 Å². The van der Waals surface area contributed by atoms with E-state index in [0.29, 0.717) is 21.4 Å². The van der Waals surface area contributed by atoms with Gasteiger partial charge in [-0.15, -0.1) is 5.10 Å². The highest BCUT2D eigenvalue weighted by Gasteiger charge is 2.10. The molecule has 0 atom stereocenters. The van der Waals surface area contributed by atoms with E-state index in [1.165, 1.54) is 0 Å². The Hall–Kier alpha value is -2.35. The number of nitrogens with zero attached hydrogens (tertiary/aromatic N) is 3. The monoisotopic (exact) mass is 314 g/mol. The largest absolute Gasteiger partial charge is 0.247 e. The van der Waals surface area contributed by atoms with Gasteiger partial charge in [-0.05, 0) is 23.8 Å². The van der Waals surface area contributed by atoms with Crippen molar-refractivity contribution in [1.29, 1.82) is 5.26 Å². The Labute approximate surface area is 130 Å². The van der Waals surface area contributed by atoms with Crippen molar-refractivity contribution in [2.24, 2.45) is 0 Å². The number of nitrogens with one attached hydrogen (secondary N) is 1. The standard InChI is InChI=1S/C15H8Cl2N4/c16-11-5-6-13(17)12(7-11)9-1-3-10(4-2-9)15-14(8-18)19-21-20-15/h1-7H,(H,19,20,21). The summed E-state index contributed by atoms with van der Waals surface area (Å²) < 4.78 is 0. The van der Waals surface area contributed by atoms with Crippen LogP contribution in [-0.4, -0.2) is 15.4 Å². The van der Waals surface area contributed by atoms with Gasteiger partial charge in [-0.25, -0.2) is 5.10 Å². The first-order valence-electron chi connectivity index (χ1n) is 6.06. The SMILES string of the molecule is N#Cc1[nH]nnc1-c1ccc(-c2cc(Cl)ccc2Cl)cc1. The molecule has 0 radical (unpaired) electrons. The summed E-state index contributed by atoms with van der Waals surface area (Å²) in [5, 5.41) is 20.3. The molecule has 0 aliphatic rings. The summed E-state index contributed by atoms with van der Waals surface area (Å²) in [5.74, 6) is 0. The molecule has 2 aromatic carbocycles. The lowest BCUT2D eigenvalue weighted by Gasteiger charge is -2.06. The molecule has 102 valence electrons. The Kier molecular flexibility index (Phi) is 3.61. The van der Waals surface area contributed by atoms with E-state index in [1.807, 2.05) is 36.4 Å². The molecular formula is C15H8Cl2N4. The number of H-pyrrole nitrogens is 1. The van der Waals surface area contributed by atoms with Gasteiger partial charge in [-0.2, -0.15) is 5.26 Å². The molecule has 3 aromatic rings. The van der Waals surface area contributed by atoms with Gasteiger partial charge >= 0.3 is 0 Å². The van der Waals surface area contributed by atoms with Crippen molar-refractivity contribution in [2.75, 3.05) is 0 Å². The van der Waals surface area contributed by atoms with Crippen molar-refractivity contribution >= 4 is 23.2 Å². The summed E-state index contributed by atoms with van der Waals surface area (Å²) in [6.07, 6.45) is 0. The van der Waals surface area contributed by atoms with Gasteiger partial charge in [0.2, 0.25) is 0 Å². The minimum absolute atomic E-state index is 0.337. The summed E-state index contributed by atoms with van der Waals surface area (Å²) >= 11 is 12.2. The lowest BCUT2D eigenvalue weighted by molar-refractivity contribution is 0.937. The number of nitriles is 1. The quantitative estimate of drug-likeness (QED) is 0.766. The molecule has 0 fully saturated rings. The lowest BCUT2D eigenvalue weighted by atomic mass is 10.0. The Balaban J connectivity index is 2.02. The summed E-state index contributed by atoms with van der Waals surface area (Å²) in [6, 6.07) is 14.9. The first kappa shape index (κ1) is 13.6. The van der Waals surface area contributed by atoms with Gasteiger partial charge in [-0.3, -0.25) is 0 Å². The van der Waals surface area contributed by atoms with E-state index in [0.717, 1.165) is 16.7 Å². The van der Waals surface area contributed by atoms with Crippen molar-refractivity contribution in [1.82, 2.24) is 15.4 Å². The van der Waals surface area contributed by atoms with Crippen LogP contribution in [0.4, 0.5) is 0 Å². The summed E-state index contributed by atoms with van der Waals surface area (Å²) in [7, 11) is 0. The molecule has 21 heavy (non-hydrogen) atoms. The van der Waals surface area contributed by atoms with Gasteiger partial charge in [0.05, 0.1) is 0 Å². The third-order valence-electron chi connectivity index (χ3n) is 3.06. The molecule has 0 saturated heterocycles. The van der Waals surface area contributed by atoms with Crippen LogP contribution in [0, 0.1) is 11.3 Å². The normalized spacial score (nSPS) is 10.3. The first-order chi connectivity index (χ1) is 10.2. The zero-order chi connectivity index (χ0) is 14.8. The maximum absolute atomic E-state index is 8.97. The van der Waals surface area contributed by atoms with Gasteiger partial charge in [0.1, 0.15) is 11.8 Å². The molecule has 1 aromatic heterocycles. The van der Waals surface area contributed by atoms with Crippen LogP contribution in [0.15, 0.2) is 42.5 Å². The van der Waals surface area contributed by atoms with Crippen LogP contribution < -0.4 is 0 Å². The number of hydrogen-bond donors (Lipinski definition) is 1. The average Bonchev–Trinajstić information content (AvgIpc) is 2.98. The predicted octanol–water partition coefficient (Wildman–Crippen LogP) is 4.32. The number of hydrogen-bond acceptors (Lipinski definition) is 3. The average molecular weight is 315 g/mol. The topological polar surface area (TPSA) is 65.4 Å². The predicted molar refractivity (Wildman–Crippen MR) is 82.0 cm³/mol. The molecule has 1 N–H and O–H groups in total. The number of benzene rings is 2. The van der Waals surface area contributed by atoms with Crippen molar-refractivity contribution in [3.05, 3.63) is 58.2 Å². The molecule has 0 bridgehead atoms. The van der Waals surface area contributed by atoms with Gasteiger partial charge < -0.3 is 0 Å². The van der Waals surface area contributed by atoms with Crippen LogP contribution in [0.1, 0.15) is 5.69 Å². The Morgan fingerprint density at radius 2 is 1.71 bits per heavy atom. The molecule has 0 aliphatic heterocycles. The highest BCUT2D eigenvalue weighted by molar-refractivity contribution is 6.35. The number of aromatic amines is 1. The molecule has 6 heteroatoms. The second kappa shape index (κ2) is 5.57. The fraction of sp³-hybridized carbons (Fsp3) is 0. The van der Waals surface area contributed by atoms with E-state index in [9.17, 15) is 0 Å². The molecule has 0 unspecified atom stereocenters. The summed E-state index contributed by atoms with van der Waals surface area (Å²) in [5.41, 5.74) is 3.47. The van der Waals surface area contributed by atoms with Gasteiger partial charge in [0.15, 0.2) is 5.69 Å². The number of rotatable bonds is 2. The first-order valence-corrected chi connectivity index (χ1v) is 6.81. The van der Waals surface area contributed by atoms with E-state index in [4.69, 9.17) is 28.5 Å². The Morgan fingerprint density at radius 1 is 1.00 bits per heavy atom. The van der Waals surface area contributed by atoms with Crippen molar-refractivity contribution < 1.29 is 0 Å². The van der Waals surface area contributed by atoms with Crippen LogP contribution in [0.25, 0.3) is 22.4 Å². The van der Waals surface area contributed by atoms with Crippen molar-refractivity contribution in [3.8, 4) is 28.5 Å². The third-order valence-corrected chi connectivity index (χ3v) is 3.62. The second-order valence-electron chi connectivity index (χ2n) is 4.35. The van der Waals surface area contributed by atoms with Crippen LogP contribution in [-0.2, 0) is 0 Å². The van der Waals surface area contributed by atoms with Crippen molar-refractivity contribution in [2.45, 2.75) is 0 Å². The lowest BCUT2D eigenvalue weighted by Crippen LogP contribution is -1.84. The van der Waals surface area contributed by atoms with Crippen LogP contribution in [0.2, 0.25) is 10.0 Å². The maximum Gasteiger partial charge on any atom is 0.163 e. The molecule has 0 saturated carbocycles. The summed E-state index contributed by atoms with van der Waals surface area (Å²) in [6.45, 7) is 0. The van der Waals surface area contributed by atoms with E-state index in [-0.39, 0.29) is 0 Å². The minimum atomic E-state index is 0.337. The fourth-order valence-electron chi connectivity index (χ4n) is 2.03. The Morgan fingerprint density at radius 3 is 2.43 bits per heavy atom. The highest BCUT2D eigenvalue weighted by atomic mass is 35.5. The molecule has 1 heterocycles. The van der Waals surface area contributed by atoms with Crippen LogP contribution in [0.3, 0.4) is 0 Å². The van der Waals surface area contributed by atoms with Crippen molar-refractivity contribution in [3.63, 3.8) is 0 Å². The molecule has 3 rings (SSSR count). The van der Waals surface area contributed by atoms with Gasteiger partial charge in [0.25, 0.3) is 0 Å². The van der Waals surface area contributed by atoms with E-state index in [1.54, 1.807) is 12.1 Å². The molecule has 0 aliphatic carbocycles. The molecule has 0 spiro atoms. The maximum atomic E-state index is 8.97. The number of halogens is 2. The molecule has 0 amide bonds. The zero-order valence-electron chi connectivity index (χ0n) is 10.6.